The Morgan fingerprint density at radius 2 is 1.90 bits per heavy atom. The molecule has 0 bridgehead atoms. The average molecular weight is 409 g/mol. The van der Waals surface area contributed by atoms with Gasteiger partial charge in [-0.1, -0.05) is 24.3 Å². The molecule has 3 aromatic rings. The first-order valence-electron chi connectivity index (χ1n) is 10.0. The molecule has 0 aliphatic carbocycles. The Labute approximate surface area is 177 Å². The zero-order valence-electron chi connectivity index (χ0n) is 17.6. The van der Waals surface area contributed by atoms with Gasteiger partial charge in [0, 0.05) is 12.1 Å². The summed E-state index contributed by atoms with van der Waals surface area (Å²) in [7, 11) is 1.64. The van der Waals surface area contributed by atoms with E-state index in [4.69, 9.17) is 13.9 Å². The third kappa shape index (κ3) is 5.76. The van der Waals surface area contributed by atoms with Crippen LogP contribution >= 0.6 is 0 Å². The van der Waals surface area contributed by atoms with Crippen LogP contribution < -0.4 is 20.1 Å². The second-order valence-corrected chi connectivity index (χ2v) is 6.48. The van der Waals surface area contributed by atoms with Gasteiger partial charge < -0.3 is 24.5 Å². The van der Waals surface area contributed by atoms with Crippen molar-refractivity contribution in [1.82, 2.24) is 15.6 Å². The molecule has 0 radical (unpaired) electrons. The predicted octanol–water partition coefficient (Wildman–Crippen LogP) is 4.00. The van der Waals surface area contributed by atoms with E-state index in [0.29, 0.717) is 37.3 Å². The fourth-order valence-corrected chi connectivity index (χ4v) is 2.87. The molecule has 30 heavy (non-hydrogen) atoms. The van der Waals surface area contributed by atoms with Crippen LogP contribution in [-0.2, 0) is 13.1 Å². The third-order valence-electron chi connectivity index (χ3n) is 4.30. The van der Waals surface area contributed by atoms with Crippen LogP contribution in [0.1, 0.15) is 25.1 Å². The lowest BCUT2D eigenvalue weighted by molar-refractivity contribution is 0.310. The van der Waals surface area contributed by atoms with E-state index >= 15 is 0 Å². The number of nitrogens with one attached hydrogen (secondary N) is 2. The van der Waals surface area contributed by atoms with Gasteiger partial charge in [0.2, 0.25) is 5.89 Å². The van der Waals surface area contributed by atoms with E-state index in [1.54, 1.807) is 13.4 Å². The number of hydrogen-bond donors (Lipinski definition) is 2. The maximum Gasteiger partial charge on any atom is 0.226 e. The van der Waals surface area contributed by atoms with E-state index in [9.17, 15) is 0 Å². The molecule has 7 nitrogen and oxygen atoms in total. The molecule has 3 rings (SSSR count). The predicted molar refractivity (Wildman–Crippen MR) is 118 cm³/mol. The zero-order valence-corrected chi connectivity index (χ0v) is 17.6. The molecule has 0 saturated heterocycles. The van der Waals surface area contributed by atoms with Crippen LogP contribution in [0.15, 0.2) is 64.2 Å². The van der Waals surface area contributed by atoms with E-state index in [1.165, 1.54) is 0 Å². The molecule has 158 valence electrons. The van der Waals surface area contributed by atoms with Crippen molar-refractivity contribution in [1.29, 1.82) is 0 Å². The first-order valence-corrected chi connectivity index (χ1v) is 10.0. The highest BCUT2D eigenvalue weighted by molar-refractivity contribution is 5.79. The standard InChI is InChI=1S/C23H28N4O3/c1-4-24-23(25-14-17-11-12-20(29-5-2)21(13-17)28-3)26-15-19-16-30-22(27-19)18-9-7-6-8-10-18/h6-13,16H,4-5,14-15H2,1-3H3,(H2,24,25,26). The molecule has 0 aliphatic heterocycles. The summed E-state index contributed by atoms with van der Waals surface area (Å²) in [5.41, 5.74) is 2.79. The Kier molecular flexibility index (Phi) is 7.71. The summed E-state index contributed by atoms with van der Waals surface area (Å²) < 4.78 is 16.6. The van der Waals surface area contributed by atoms with Crippen LogP contribution in [0.2, 0.25) is 0 Å². The molecule has 0 spiro atoms. The number of nitrogens with zero attached hydrogens (tertiary/aromatic N) is 2. The fraction of sp³-hybridized carbons (Fsp3) is 0.304. The molecule has 0 atom stereocenters. The Morgan fingerprint density at radius 1 is 1.07 bits per heavy atom. The smallest absolute Gasteiger partial charge is 0.226 e. The number of benzene rings is 2. The summed E-state index contributed by atoms with van der Waals surface area (Å²) in [6.45, 7) is 6.34. The molecular weight excluding hydrogens is 380 g/mol. The Morgan fingerprint density at radius 3 is 2.63 bits per heavy atom. The number of aliphatic imine (C=N–C) groups is 1. The summed E-state index contributed by atoms with van der Waals surface area (Å²) in [5, 5.41) is 6.54. The van der Waals surface area contributed by atoms with Crippen LogP contribution in [0.25, 0.3) is 11.5 Å². The Balaban J connectivity index is 1.63. The summed E-state index contributed by atoms with van der Waals surface area (Å²) >= 11 is 0. The molecule has 1 aromatic heterocycles. The van der Waals surface area contributed by atoms with Crippen molar-refractivity contribution in [3.8, 4) is 23.0 Å². The second kappa shape index (κ2) is 10.9. The lowest BCUT2D eigenvalue weighted by atomic mass is 10.2. The molecule has 0 saturated carbocycles. The van der Waals surface area contributed by atoms with Crippen molar-refractivity contribution in [2.45, 2.75) is 26.9 Å². The minimum absolute atomic E-state index is 0.506. The highest BCUT2D eigenvalue weighted by Crippen LogP contribution is 2.28. The van der Waals surface area contributed by atoms with Gasteiger partial charge in [0.1, 0.15) is 6.26 Å². The molecule has 7 heteroatoms. The van der Waals surface area contributed by atoms with Gasteiger partial charge in [0.25, 0.3) is 0 Å². The number of ether oxygens (including phenoxy) is 2. The van der Waals surface area contributed by atoms with Gasteiger partial charge in [-0.15, -0.1) is 0 Å². The first kappa shape index (κ1) is 21.2. The second-order valence-electron chi connectivity index (χ2n) is 6.48. The largest absolute Gasteiger partial charge is 0.493 e. The summed E-state index contributed by atoms with van der Waals surface area (Å²) in [4.78, 5) is 9.19. The van der Waals surface area contributed by atoms with Crippen LogP contribution in [0.3, 0.4) is 0 Å². The number of aromatic nitrogens is 1. The van der Waals surface area contributed by atoms with Gasteiger partial charge >= 0.3 is 0 Å². The molecule has 2 aromatic carbocycles. The van der Waals surface area contributed by atoms with Crippen molar-refractivity contribution in [3.63, 3.8) is 0 Å². The van der Waals surface area contributed by atoms with Crippen LogP contribution in [-0.4, -0.2) is 31.2 Å². The molecule has 0 aliphatic rings. The maximum atomic E-state index is 5.59. The van der Waals surface area contributed by atoms with Crippen molar-refractivity contribution in [3.05, 3.63) is 66.1 Å². The Bertz CT molecular complexity index is 954. The average Bonchev–Trinajstić information content (AvgIpc) is 3.26. The van der Waals surface area contributed by atoms with Crippen molar-refractivity contribution < 1.29 is 13.9 Å². The van der Waals surface area contributed by atoms with Gasteiger partial charge in [0.05, 0.1) is 32.5 Å². The summed E-state index contributed by atoms with van der Waals surface area (Å²) in [5.74, 6) is 2.75. The molecule has 0 unspecified atom stereocenters. The van der Waals surface area contributed by atoms with E-state index in [-0.39, 0.29) is 0 Å². The number of methoxy groups -OCH3 is 1. The minimum Gasteiger partial charge on any atom is -0.493 e. The number of guanidine groups is 1. The van der Waals surface area contributed by atoms with Crippen molar-refractivity contribution in [2.24, 2.45) is 4.99 Å². The SMILES string of the molecule is CCNC(=NCc1ccc(OCC)c(OC)c1)NCc1coc(-c2ccccc2)n1. The van der Waals surface area contributed by atoms with E-state index in [0.717, 1.165) is 29.1 Å². The molecular formula is C23H28N4O3. The van der Waals surface area contributed by atoms with E-state index < -0.39 is 0 Å². The molecule has 2 N–H and O–H groups in total. The van der Waals surface area contributed by atoms with E-state index in [2.05, 4.69) is 20.6 Å². The summed E-state index contributed by atoms with van der Waals surface area (Å²) in [6, 6.07) is 15.7. The van der Waals surface area contributed by atoms with E-state index in [1.807, 2.05) is 62.4 Å². The van der Waals surface area contributed by atoms with Gasteiger partial charge in [-0.05, 0) is 43.7 Å². The zero-order chi connectivity index (χ0) is 21.2. The normalized spacial score (nSPS) is 11.2. The number of hydrogen-bond acceptors (Lipinski definition) is 5. The molecule has 0 fully saturated rings. The topological polar surface area (TPSA) is 80.9 Å². The van der Waals surface area contributed by atoms with Gasteiger partial charge in [-0.25, -0.2) is 9.98 Å². The van der Waals surface area contributed by atoms with Crippen LogP contribution in [0.4, 0.5) is 0 Å². The number of oxazole rings is 1. The monoisotopic (exact) mass is 408 g/mol. The van der Waals surface area contributed by atoms with Crippen LogP contribution in [0.5, 0.6) is 11.5 Å². The lowest BCUT2D eigenvalue weighted by Gasteiger charge is -2.12. The quantitative estimate of drug-likeness (QED) is 0.411. The molecule has 0 amide bonds. The van der Waals surface area contributed by atoms with Gasteiger partial charge in [0.15, 0.2) is 17.5 Å². The highest BCUT2D eigenvalue weighted by Gasteiger charge is 2.08. The Hall–Kier alpha value is -3.48. The fourth-order valence-electron chi connectivity index (χ4n) is 2.87. The third-order valence-corrected chi connectivity index (χ3v) is 4.30. The number of rotatable bonds is 9. The van der Waals surface area contributed by atoms with Crippen LogP contribution in [0, 0.1) is 0 Å². The van der Waals surface area contributed by atoms with Crippen molar-refractivity contribution in [2.75, 3.05) is 20.3 Å². The van der Waals surface area contributed by atoms with Crippen molar-refractivity contribution >= 4 is 5.96 Å². The lowest BCUT2D eigenvalue weighted by Crippen LogP contribution is -2.36. The summed E-state index contributed by atoms with van der Waals surface area (Å²) in [6.07, 6.45) is 1.66. The minimum atomic E-state index is 0.506. The molecule has 1 heterocycles. The van der Waals surface area contributed by atoms with Gasteiger partial charge in [-0.2, -0.15) is 0 Å². The maximum absolute atomic E-state index is 5.59. The van der Waals surface area contributed by atoms with Gasteiger partial charge in [-0.3, -0.25) is 0 Å². The first-order chi connectivity index (χ1) is 14.7. The highest BCUT2D eigenvalue weighted by atomic mass is 16.5.